The Labute approximate surface area is 136 Å². The molecule has 23 heavy (non-hydrogen) atoms. The topological polar surface area (TPSA) is 87.6 Å². The number of aromatic nitrogens is 1. The molecule has 0 aliphatic heterocycles. The second-order valence-electron chi connectivity index (χ2n) is 4.53. The molecule has 3 aromatic rings. The largest absolute Gasteiger partial charge is 0.352 e. The predicted molar refractivity (Wildman–Crippen MR) is 85.0 cm³/mol. The van der Waals surface area contributed by atoms with Crippen molar-refractivity contribution in [2.75, 3.05) is 0 Å². The van der Waals surface area contributed by atoms with Gasteiger partial charge in [0.1, 0.15) is 5.69 Å². The zero-order valence-electron chi connectivity index (χ0n) is 11.8. The van der Waals surface area contributed by atoms with E-state index in [0.717, 1.165) is 28.1 Å². The summed E-state index contributed by atoms with van der Waals surface area (Å²) in [5.41, 5.74) is 2.95. The van der Waals surface area contributed by atoms with E-state index in [1.165, 1.54) is 0 Å². The maximum absolute atomic E-state index is 11.3. The summed E-state index contributed by atoms with van der Waals surface area (Å²) >= 11 is 0.981. The Morgan fingerprint density at radius 3 is 2.43 bits per heavy atom. The molecule has 2 aromatic carbocycles. The molecule has 1 heterocycles. The number of nitrogens with two attached hydrogens (primary N) is 1. The summed E-state index contributed by atoms with van der Waals surface area (Å²) in [6, 6.07) is 16.8. The summed E-state index contributed by atoms with van der Waals surface area (Å²) in [6.45, 7) is 0. The second kappa shape index (κ2) is 7.21. The summed E-state index contributed by atoms with van der Waals surface area (Å²) in [5, 5.41) is 4.03. The molecule has 0 unspecified atom stereocenters. The van der Waals surface area contributed by atoms with Crippen molar-refractivity contribution in [1.82, 2.24) is 5.16 Å². The average Bonchev–Trinajstić information content (AvgIpc) is 3.05. The smallest absolute Gasteiger partial charge is 0.207 e. The van der Waals surface area contributed by atoms with E-state index in [2.05, 4.69) is 14.5 Å². The minimum atomic E-state index is 0.186. The fourth-order valence-corrected chi connectivity index (χ4v) is 2.56. The van der Waals surface area contributed by atoms with Gasteiger partial charge in [-0.2, -0.15) is 5.90 Å². The Balaban J connectivity index is 2.01. The lowest BCUT2D eigenvalue weighted by atomic mass is 9.99. The van der Waals surface area contributed by atoms with Crippen LogP contribution in [0.5, 0.6) is 0 Å². The third-order valence-electron chi connectivity index (χ3n) is 3.19. The van der Waals surface area contributed by atoms with Gasteiger partial charge >= 0.3 is 0 Å². The van der Waals surface area contributed by atoms with Crippen LogP contribution >= 0.6 is 12.0 Å². The number of carbonyl (C=O) groups excluding carboxylic acids is 1. The number of aldehydes is 1. The van der Waals surface area contributed by atoms with Crippen molar-refractivity contribution in [2.24, 2.45) is 5.90 Å². The maximum Gasteiger partial charge on any atom is 0.207 e. The van der Waals surface area contributed by atoms with Gasteiger partial charge in [-0.25, -0.2) is 0 Å². The number of hydrogen-bond acceptors (Lipinski definition) is 7. The first-order chi connectivity index (χ1) is 11.3. The maximum atomic E-state index is 11.3. The van der Waals surface area contributed by atoms with E-state index in [9.17, 15) is 4.79 Å². The molecule has 0 aliphatic rings. The van der Waals surface area contributed by atoms with Crippen molar-refractivity contribution in [1.29, 1.82) is 0 Å². The van der Waals surface area contributed by atoms with Gasteiger partial charge in [0.05, 0.1) is 17.6 Å². The SMILES string of the molecule is NOOSc1ccc(-c2c(-c3ccccc3)noc2C=O)cc1. The molecule has 0 amide bonds. The molecule has 0 fully saturated rings. The Morgan fingerprint density at radius 1 is 1.04 bits per heavy atom. The van der Waals surface area contributed by atoms with Crippen LogP contribution in [-0.4, -0.2) is 11.4 Å². The third-order valence-corrected chi connectivity index (χ3v) is 3.80. The monoisotopic (exact) mass is 328 g/mol. The summed E-state index contributed by atoms with van der Waals surface area (Å²) in [7, 11) is 0. The molecule has 2 N–H and O–H groups in total. The minimum Gasteiger partial charge on any atom is -0.352 e. The first-order valence-corrected chi connectivity index (χ1v) is 7.38. The molecule has 0 atom stereocenters. The molecule has 1 aromatic heterocycles. The van der Waals surface area contributed by atoms with Crippen LogP contribution in [0.15, 0.2) is 64.0 Å². The molecule has 0 saturated heterocycles. The Bertz CT molecular complexity index is 788. The molecule has 0 saturated carbocycles. The first-order valence-electron chi connectivity index (χ1n) is 6.64. The van der Waals surface area contributed by atoms with Crippen LogP contribution in [0.3, 0.4) is 0 Å². The lowest BCUT2D eigenvalue weighted by Gasteiger charge is -2.04. The summed E-state index contributed by atoms with van der Waals surface area (Å²) in [4.78, 5) is 16.1. The fourth-order valence-electron chi connectivity index (χ4n) is 2.19. The zero-order chi connectivity index (χ0) is 16.1. The summed E-state index contributed by atoms with van der Waals surface area (Å²) in [5.74, 6) is 4.99. The highest BCUT2D eigenvalue weighted by Crippen LogP contribution is 2.34. The first kappa shape index (κ1) is 15.4. The van der Waals surface area contributed by atoms with Crippen LogP contribution in [-0.2, 0) is 9.32 Å². The summed E-state index contributed by atoms with van der Waals surface area (Å²) in [6.07, 6.45) is 0.656. The molecule has 0 spiro atoms. The van der Waals surface area contributed by atoms with Gasteiger partial charge in [-0.05, 0) is 17.7 Å². The molecule has 0 aliphatic carbocycles. The highest BCUT2D eigenvalue weighted by molar-refractivity contribution is 7.94. The molecule has 0 bridgehead atoms. The standard InChI is InChI=1S/C16H12N2O4S/c17-21-22-23-13-8-6-11(7-9-13)15-14(10-19)20-18-16(15)12-4-2-1-3-5-12/h1-10H,17H2. The van der Waals surface area contributed by atoms with Crippen molar-refractivity contribution >= 4 is 18.3 Å². The van der Waals surface area contributed by atoms with E-state index in [4.69, 9.17) is 10.4 Å². The van der Waals surface area contributed by atoms with Gasteiger partial charge in [0.25, 0.3) is 0 Å². The molecule has 3 rings (SSSR count). The number of rotatable bonds is 6. The molecule has 6 nitrogen and oxygen atoms in total. The van der Waals surface area contributed by atoms with Crippen molar-refractivity contribution in [3.63, 3.8) is 0 Å². The Kier molecular flexibility index (Phi) is 4.84. The normalized spacial score (nSPS) is 10.7. The Morgan fingerprint density at radius 2 is 1.78 bits per heavy atom. The minimum absolute atomic E-state index is 0.186. The zero-order valence-corrected chi connectivity index (χ0v) is 12.7. The number of carbonyl (C=O) groups is 1. The van der Waals surface area contributed by atoms with Crippen LogP contribution < -0.4 is 5.90 Å². The second-order valence-corrected chi connectivity index (χ2v) is 5.30. The van der Waals surface area contributed by atoms with Crippen LogP contribution in [0.4, 0.5) is 0 Å². The predicted octanol–water partition coefficient (Wildman–Crippen LogP) is 3.65. The van der Waals surface area contributed by atoms with Gasteiger partial charge < -0.3 is 4.52 Å². The van der Waals surface area contributed by atoms with Crippen molar-refractivity contribution in [3.8, 4) is 22.4 Å². The lowest BCUT2D eigenvalue weighted by molar-refractivity contribution is -0.195. The van der Waals surface area contributed by atoms with E-state index in [-0.39, 0.29) is 5.76 Å². The molecule has 7 heteroatoms. The van der Waals surface area contributed by atoms with E-state index < -0.39 is 0 Å². The van der Waals surface area contributed by atoms with E-state index >= 15 is 0 Å². The quantitative estimate of drug-likeness (QED) is 0.320. The average molecular weight is 328 g/mol. The molecule has 116 valence electrons. The van der Waals surface area contributed by atoms with Gasteiger partial charge in [-0.1, -0.05) is 47.6 Å². The number of benzene rings is 2. The third kappa shape index (κ3) is 3.33. The highest BCUT2D eigenvalue weighted by atomic mass is 32.2. The van der Waals surface area contributed by atoms with E-state index in [0.29, 0.717) is 17.5 Å². The summed E-state index contributed by atoms with van der Waals surface area (Å²) < 4.78 is 9.76. The number of nitrogens with zero attached hydrogens (tertiary/aromatic N) is 1. The molecular weight excluding hydrogens is 316 g/mol. The van der Waals surface area contributed by atoms with Crippen LogP contribution in [0.2, 0.25) is 0 Å². The lowest BCUT2D eigenvalue weighted by Crippen LogP contribution is -1.93. The van der Waals surface area contributed by atoms with Gasteiger partial charge in [0.15, 0.2) is 6.29 Å². The van der Waals surface area contributed by atoms with Gasteiger partial charge in [-0.3, -0.25) is 4.79 Å². The van der Waals surface area contributed by atoms with Crippen LogP contribution in [0.1, 0.15) is 10.6 Å². The number of hydrogen-bond donors (Lipinski definition) is 1. The van der Waals surface area contributed by atoms with Gasteiger partial charge in [0, 0.05) is 10.5 Å². The molecule has 0 radical (unpaired) electrons. The Hall–Kier alpha value is -2.45. The van der Waals surface area contributed by atoms with Crippen LogP contribution in [0.25, 0.3) is 22.4 Å². The van der Waals surface area contributed by atoms with E-state index in [1.54, 1.807) is 0 Å². The van der Waals surface area contributed by atoms with Crippen molar-refractivity contribution in [2.45, 2.75) is 4.90 Å². The van der Waals surface area contributed by atoms with Crippen molar-refractivity contribution in [3.05, 3.63) is 60.4 Å². The van der Waals surface area contributed by atoms with E-state index in [1.807, 2.05) is 54.6 Å². The highest BCUT2D eigenvalue weighted by Gasteiger charge is 2.18. The van der Waals surface area contributed by atoms with Crippen LogP contribution in [0, 0.1) is 0 Å². The fraction of sp³-hybridized carbons (Fsp3) is 0. The van der Waals surface area contributed by atoms with Gasteiger partial charge in [-0.15, -0.1) is 9.32 Å². The molecular formula is C16H12N2O4S. The van der Waals surface area contributed by atoms with Crippen molar-refractivity contribution < 1.29 is 18.6 Å². The van der Waals surface area contributed by atoms with Gasteiger partial charge in [0.2, 0.25) is 5.76 Å².